The van der Waals surface area contributed by atoms with Crippen LogP contribution in [0.2, 0.25) is 0 Å². The summed E-state index contributed by atoms with van der Waals surface area (Å²) < 4.78 is 27.0. The molecular weight excluding hydrogens is 399 g/mol. The number of likely N-dealkylation sites (tertiary alicyclic amines) is 1. The molecule has 2 aliphatic heterocycles. The normalized spacial score (nSPS) is 20.2. The van der Waals surface area contributed by atoms with E-state index in [2.05, 4.69) is 10.4 Å². The van der Waals surface area contributed by atoms with Gasteiger partial charge < -0.3 is 14.8 Å². The third-order valence-electron chi connectivity index (χ3n) is 5.78. The summed E-state index contributed by atoms with van der Waals surface area (Å²) in [6.45, 7) is 0.809. The molecule has 2 aromatic carbocycles. The molecule has 31 heavy (non-hydrogen) atoms. The molecule has 160 valence electrons. The van der Waals surface area contributed by atoms with E-state index in [4.69, 9.17) is 9.47 Å². The van der Waals surface area contributed by atoms with Gasteiger partial charge in [0.05, 0.1) is 11.7 Å². The Kier molecular flexibility index (Phi) is 5.07. The molecule has 2 atom stereocenters. The van der Waals surface area contributed by atoms with Gasteiger partial charge in [0, 0.05) is 44.0 Å². The van der Waals surface area contributed by atoms with Gasteiger partial charge in [0.1, 0.15) is 6.17 Å². The first-order valence-electron chi connectivity index (χ1n) is 10.2. The summed E-state index contributed by atoms with van der Waals surface area (Å²) in [5.74, 6) is 1.15. The van der Waals surface area contributed by atoms with E-state index in [9.17, 15) is 9.18 Å². The summed E-state index contributed by atoms with van der Waals surface area (Å²) in [4.78, 5) is 14.8. The summed E-state index contributed by atoms with van der Waals surface area (Å²) >= 11 is 0. The van der Waals surface area contributed by atoms with Gasteiger partial charge in [-0.1, -0.05) is 24.3 Å². The zero-order valence-electron chi connectivity index (χ0n) is 17.1. The van der Waals surface area contributed by atoms with Crippen LogP contribution in [0.15, 0.2) is 54.7 Å². The number of ether oxygens (including phenoxy) is 2. The SMILES string of the molecule is Cn1nccc1-c1ccc(NC(=O)[C@H]2C[C@H](F)CN2Cc2cccc3c2OCO3)cc1. The molecule has 7 nitrogen and oxygen atoms in total. The van der Waals surface area contributed by atoms with Crippen LogP contribution >= 0.6 is 0 Å². The van der Waals surface area contributed by atoms with Gasteiger partial charge in [-0.05, 0) is 29.8 Å². The van der Waals surface area contributed by atoms with Crippen LogP contribution in [-0.2, 0) is 18.4 Å². The summed E-state index contributed by atoms with van der Waals surface area (Å²) in [7, 11) is 1.88. The second kappa shape index (κ2) is 8.03. The van der Waals surface area contributed by atoms with E-state index in [-0.39, 0.29) is 25.7 Å². The first-order valence-corrected chi connectivity index (χ1v) is 10.2. The summed E-state index contributed by atoms with van der Waals surface area (Å²) in [5, 5.41) is 7.11. The predicted octanol–water partition coefficient (Wildman–Crippen LogP) is 3.37. The number of amides is 1. The number of rotatable bonds is 5. The van der Waals surface area contributed by atoms with Crippen LogP contribution < -0.4 is 14.8 Å². The highest BCUT2D eigenvalue weighted by atomic mass is 19.1. The number of hydrogen-bond acceptors (Lipinski definition) is 5. The fourth-order valence-corrected chi connectivity index (χ4v) is 4.24. The van der Waals surface area contributed by atoms with E-state index in [1.165, 1.54) is 0 Å². The van der Waals surface area contributed by atoms with E-state index < -0.39 is 12.2 Å². The Bertz CT molecular complexity index is 1100. The average Bonchev–Trinajstić information content (AvgIpc) is 3.49. The molecule has 5 rings (SSSR count). The van der Waals surface area contributed by atoms with Gasteiger partial charge in [-0.3, -0.25) is 14.4 Å². The number of carbonyl (C=O) groups is 1. The number of hydrogen-bond donors (Lipinski definition) is 1. The van der Waals surface area contributed by atoms with E-state index in [1.54, 1.807) is 10.9 Å². The summed E-state index contributed by atoms with van der Waals surface area (Å²) in [6.07, 6.45) is 0.870. The van der Waals surface area contributed by atoms with Gasteiger partial charge in [0.25, 0.3) is 0 Å². The van der Waals surface area contributed by atoms with Crippen LogP contribution in [0, 0.1) is 0 Å². The van der Waals surface area contributed by atoms with Crippen molar-refractivity contribution in [1.82, 2.24) is 14.7 Å². The Morgan fingerprint density at radius 2 is 2.03 bits per heavy atom. The highest BCUT2D eigenvalue weighted by Crippen LogP contribution is 2.37. The number of para-hydroxylation sites is 1. The number of aromatic nitrogens is 2. The van der Waals surface area contributed by atoms with E-state index in [0.29, 0.717) is 23.7 Å². The van der Waals surface area contributed by atoms with Crippen LogP contribution in [0.5, 0.6) is 11.5 Å². The fraction of sp³-hybridized carbons (Fsp3) is 0.304. The number of alkyl halides is 1. The lowest BCUT2D eigenvalue weighted by Gasteiger charge is -2.24. The van der Waals surface area contributed by atoms with Gasteiger partial charge in [-0.15, -0.1) is 0 Å². The maximum atomic E-state index is 14.3. The number of fused-ring (bicyclic) bond motifs is 1. The Morgan fingerprint density at radius 3 is 2.81 bits per heavy atom. The molecule has 0 spiro atoms. The van der Waals surface area contributed by atoms with Crippen molar-refractivity contribution >= 4 is 11.6 Å². The molecule has 1 saturated heterocycles. The molecule has 3 aromatic rings. The van der Waals surface area contributed by atoms with Crippen molar-refractivity contribution < 1.29 is 18.7 Å². The lowest BCUT2D eigenvalue weighted by molar-refractivity contribution is -0.120. The highest BCUT2D eigenvalue weighted by Gasteiger charge is 2.37. The van der Waals surface area contributed by atoms with Crippen molar-refractivity contribution in [2.24, 2.45) is 7.05 Å². The number of aryl methyl sites for hydroxylation is 1. The summed E-state index contributed by atoms with van der Waals surface area (Å²) in [6, 6.07) is 14.6. The largest absolute Gasteiger partial charge is 0.454 e. The zero-order valence-corrected chi connectivity index (χ0v) is 17.1. The quantitative estimate of drug-likeness (QED) is 0.683. The van der Waals surface area contributed by atoms with Crippen molar-refractivity contribution in [3.05, 3.63) is 60.3 Å². The van der Waals surface area contributed by atoms with Gasteiger partial charge in [0.2, 0.25) is 12.7 Å². The highest BCUT2D eigenvalue weighted by molar-refractivity contribution is 5.95. The monoisotopic (exact) mass is 422 g/mol. The number of carbonyl (C=O) groups excluding carboxylic acids is 1. The van der Waals surface area contributed by atoms with Crippen LogP contribution in [0.1, 0.15) is 12.0 Å². The average molecular weight is 422 g/mol. The Morgan fingerprint density at radius 1 is 1.19 bits per heavy atom. The van der Waals surface area contributed by atoms with Crippen LogP contribution in [-0.4, -0.2) is 46.1 Å². The molecular formula is C23H23FN4O3. The zero-order chi connectivity index (χ0) is 21.4. The molecule has 1 N–H and O–H groups in total. The van der Waals surface area contributed by atoms with Crippen LogP contribution in [0.3, 0.4) is 0 Å². The Hall–Kier alpha value is -3.39. The lowest BCUT2D eigenvalue weighted by atomic mass is 10.1. The predicted molar refractivity (Wildman–Crippen MR) is 114 cm³/mol. The van der Waals surface area contributed by atoms with Crippen LogP contribution in [0.25, 0.3) is 11.3 Å². The fourth-order valence-electron chi connectivity index (χ4n) is 4.24. The Balaban J connectivity index is 1.29. The first-order chi connectivity index (χ1) is 15.1. The number of nitrogens with one attached hydrogen (secondary N) is 1. The molecule has 0 aliphatic carbocycles. The van der Waals surface area contributed by atoms with Gasteiger partial charge in [-0.25, -0.2) is 4.39 Å². The first kappa shape index (κ1) is 19.6. The van der Waals surface area contributed by atoms with Crippen molar-refractivity contribution in [3.8, 4) is 22.8 Å². The van der Waals surface area contributed by atoms with Crippen molar-refractivity contribution in [1.29, 1.82) is 0 Å². The minimum absolute atomic E-state index is 0.172. The van der Waals surface area contributed by atoms with Crippen molar-refractivity contribution in [2.45, 2.75) is 25.2 Å². The van der Waals surface area contributed by atoms with Gasteiger partial charge >= 0.3 is 0 Å². The molecule has 2 aliphatic rings. The minimum Gasteiger partial charge on any atom is -0.454 e. The number of halogens is 1. The number of anilines is 1. The minimum atomic E-state index is -1.04. The number of benzene rings is 2. The van der Waals surface area contributed by atoms with Crippen molar-refractivity contribution in [2.75, 3.05) is 18.7 Å². The molecule has 0 bridgehead atoms. The lowest BCUT2D eigenvalue weighted by Crippen LogP contribution is -2.39. The maximum Gasteiger partial charge on any atom is 0.241 e. The Labute approximate surface area is 179 Å². The van der Waals surface area contributed by atoms with Gasteiger partial charge in [0.15, 0.2) is 11.5 Å². The second-order valence-corrected chi connectivity index (χ2v) is 7.84. The standard InChI is InChI=1S/C23H23FN4O3/c1-27-19(9-10-25-27)15-5-7-18(8-6-15)26-23(29)20-11-17(24)13-28(20)12-16-3-2-4-21-22(16)31-14-30-21/h2-10,17,20H,11-14H2,1H3,(H,26,29)/t17-,20+/m0/s1. The molecule has 1 aromatic heterocycles. The molecule has 0 radical (unpaired) electrons. The topological polar surface area (TPSA) is 68.6 Å². The van der Waals surface area contributed by atoms with Gasteiger partial charge in [-0.2, -0.15) is 5.10 Å². The smallest absolute Gasteiger partial charge is 0.241 e. The molecule has 0 saturated carbocycles. The van der Waals surface area contributed by atoms with Crippen LogP contribution in [0.4, 0.5) is 10.1 Å². The molecule has 1 amide bonds. The summed E-state index contributed by atoms with van der Waals surface area (Å²) in [5.41, 5.74) is 3.56. The third-order valence-corrected chi connectivity index (χ3v) is 5.78. The molecule has 0 unspecified atom stereocenters. The maximum absolute atomic E-state index is 14.3. The van der Waals surface area contributed by atoms with E-state index >= 15 is 0 Å². The molecule has 1 fully saturated rings. The van der Waals surface area contributed by atoms with E-state index in [0.717, 1.165) is 16.8 Å². The number of nitrogens with zero attached hydrogens (tertiary/aromatic N) is 3. The molecule has 3 heterocycles. The van der Waals surface area contributed by atoms with Crippen molar-refractivity contribution in [3.63, 3.8) is 0 Å². The van der Waals surface area contributed by atoms with E-state index in [1.807, 2.05) is 60.5 Å². The molecule has 8 heteroatoms. The second-order valence-electron chi connectivity index (χ2n) is 7.84. The third kappa shape index (κ3) is 3.86.